The first-order valence-corrected chi connectivity index (χ1v) is 11.7. The van der Waals surface area contributed by atoms with Crippen LogP contribution in [0, 0.1) is 11.3 Å². The molecule has 0 amide bonds. The number of methoxy groups -OCH3 is 2. The number of imidazole rings is 1. The van der Waals surface area contributed by atoms with Crippen LogP contribution in [0.4, 0.5) is 13.2 Å². The Kier molecular flexibility index (Phi) is 7.50. The molecule has 7 nitrogen and oxygen atoms in total. The Hall–Kier alpha value is -3.58. The number of rotatable bonds is 8. The maximum Gasteiger partial charge on any atom is 0.389 e. The van der Waals surface area contributed by atoms with Crippen molar-refractivity contribution in [1.29, 1.82) is 5.26 Å². The Morgan fingerprint density at radius 1 is 1.19 bits per heavy atom. The van der Waals surface area contributed by atoms with E-state index in [9.17, 15) is 18.0 Å². The highest BCUT2D eigenvalue weighted by molar-refractivity contribution is 6.02. The van der Waals surface area contributed by atoms with Crippen LogP contribution in [-0.2, 0) is 0 Å². The third kappa shape index (κ3) is 5.46. The fourth-order valence-electron chi connectivity index (χ4n) is 4.75. The zero-order valence-electron chi connectivity index (χ0n) is 20.1. The van der Waals surface area contributed by atoms with Crippen LogP contribution in [-0.4, -0.2) is 60.3 Å². The van der Waals surface area contributed by atoms with E-state index in [1.54, 1.807) is 18.5 Å². The van der Waals surface area contributed by atoms with Crippen molar-refractivity contribution in [1.82, 2.24) is 14.5 Å². The number of carbonyl (C=O) groups is 1. The van der Waals surface area contributed by atoms with Crippen LogP contribution in [0.5, 0.6) is 11.5 Å². The molecule has 190 valence electrons. The van der Waals surface area contributed by atoms with Crippen molar-refractivity contribution in [2.75, 3.05) is 33.9 Å². The second-order valence-corrected chi connectivity index (χ2v) is 8.86. The first kappa shape index (κ1) is 25.5. The molecule has 1 aliphatic rings. The Morgan fingerprint density at radius 3 is 2.56 bits per heavy atom. The monoisotopic (exact) mass is 500 g/mol. The molecule has 1 atom stereocenters. The van der Waals surface area contributed by atoms with Crippen molar-refractivity contribution in [3.05, 3.63) is 47.8 Å². The zero-order chi connectivity index (χ0) is 25.9. The van der Waals surface area contributed by atoms with Crippen LogP contribution < -0.4 is 9.47 Å². The molecule has 1 saturated heterocycles. The van der Waals surface area contributed by atoms with Gasteiger partial charge in [0.05, 0.1) is 50.0 Å². The highest BCUT2D eigenvalue weighted by Gasteiger charge is 2.30. The summed E-state index contributed by atoms with van der Waals surface area (Å²) in [5.74, 6) is -0.112. The number of piperidine rings is 1. The van der Waals surface area contributed by atoms with E-state index in [0.29, 0.717) is 18.2 Å². The van der Waals surface area contributed by atoms with Gasteiger partial charge in [0.2, 0.25) is 0 Å². The number of ketones is 1. The molecule has 0 saturated carbocycles. The molecule has 0 spiro atoms. The molecular weight excluding hydrogens is 473 g/mol. The van der Waals surface area contributed by atoms with Gasteiger partial charge in [-0.3, -0.25) is 14.3 Å². The fourth-order valence-corrected chi connectivity index (χ4v) is 4.75. The van der Waals surface area contributed by atoms with Crippen LogP contribution >= 0.6 is 0 Å². The quantitative estimate of drug-likeness (QED) is 0.310. The number of nitrogens with zero attached hydrogens (tertiary/aromatic N) is 4. The van der Waals surface area contributed by atoms with Crippen molar-refractivity contribution >= 4 is 16.8 Å². The van der Waals surface area contributed by atoms with E-state index < -0.39 is 24.8 Å². The summed E-state index contributed by atoms with van der Waals surface area (Å²) in [6, 6.07) is 11.5. The number of ether oxygens (including phenoxy) is 2. The minimum absolute atomic E-state index is 0.0149. The van der Waals surface area contributed by atoms with Gasteiger partial charge in [0.1, 0.15) is 23.4 Å². The average molecular weight is 501 g/mol. The average Bonchev–Trinajstić information content (AvgIpc) is 3.29. The zero-order valence-corrected chi connectivity index (χ0v) is 20.1. The standard InChI is InChI=1S/C26H27F3N4O3/c1-35-23-13-19(14-24(36-2)25(23)22(34)7-8-26(27,28)29)33-16-31-20-12-17(5-6-21(20)33)18-4-3-10-32(15-18)11-9-30/h5-6,12-14,16,18H,3-4,7-8,10-11,15H2,1-2H3. The molecular formula is C26H27F3N4O3. The third-order valence-corrected chi connectivity index (χ3v) is 6.53. The minimum atomic E-state index is -4.43. The lowest BCUT2D eigenvalue weighted by molar-refractivity contribution is -0.133. The van der Waals surface area contributed by atoms with Crippen LogP contribution in [0.15, 0.2) is 36.7 Å². The van der Waals surface area contributed by atoms with E-state index in [-0.39, 0.29) is 17.1 Å². The summed E-state index contributed by atoms with van der Waals surface area (Å²) in [5.41, 5.74) is 3.36. The number of benzene rings is 2. The van der Waals surface area contributed by atoms with Gasteiger partial charge in [-0.25, -0.2) is 4.98 Å². The molecule has 0 bridgehead atoms. The molecule has 1 aromatic heterocycles. The van der Waals surface area contributed by atoms with Crippen molar-refractivity contribution < 1.29 is 27.4 Å². The van der Waals surface area contributed by atoms with Crippen LogP contribution in [0.3, 0.4) is 0 Å². The Bertz CT molecular complexity index is 1270. The van der Waals surface area contributed by atoms with Crippen LogP contribution in [0.25, 0.3) is 16.7 Å². The summed E-state index contributed by atoms with van der Waals surface area (Å²) in [6.45, 7) is 2.18. The smallest absolute Gasteiger partial charge is 0.389 e. The third-order valence-electron chi connectivity index (χ3n) is 6.53. The number of fused-ring (bicyclic) bond motifs is 1. The van der Waals surface area contributed by atoms with Crippen molar-refractivity contribution in [3.63, 3.8) is 0 Å². The van der Waals surface area contributed by atoms with Crippen molar-refractivity contribution in [3.8, 4) is 23.3 Å². The Labute approximate surface area is 207 Å². The molecule has 2 heterocycles. The Morgan fingerprint density at radius 2 is 1.92 bits per heavy atom. The van der Waals surface area contributed by atoms with Gasteiger partial charge in [0.25, 0.3) is 0 Å². The summed E-state index contributed by atoms with van der Waals surface area (Å²) in [5, 5.41) is 9.02. The van der Waals surface area contributed by atoms with E-state index in [4.69, 9.17) is 14.7 Å². The van der Waals surface area contributed by atoms with Crippen molar-refractivity contribution in [2.45, 2.75) is 37.8 Å². The van der Waals surface area contributed by atoms with Gasteiger partial charge in [-0.2, -0.15) is 18.4 Å². The molecule has 0 aliphatic carbocycles. The predicted octanol–water partition coefficient (Wildman–Crippen LogP) is 5.27. The number of aromatic nitrogens is 2. The molecule has 3 aromatic rings. The normalized spacial score (nSPS) is 16.6. The lowest BCUT2D eigenvalue weighted by Gasteiger charge is -2.31. The van der Waals surface area contributed by atoms with E-state index in [1.165, 1.54) is 14.2 Å². The molecule has 36 heavy (non-hydrogen) atoms. The second-order valence-electron chi connectivity index (χ2n) is 8.86. The summed E-state index contributed by atoms with van der Waals surface area (Å²) in [7, 11) is 2.72. The summed E-state index contributed by atoms with van der Waals surface area (Å²) in [4.78, 5) is 19.3. The number of nitriles is 1. The minimum Gasteiger partial charge on any atom is -0.496 e. The van der Waals surface area contributed by atoms with E-state index in [1.807, 2.05) is 10.6 Å². The highest BCUT2D eigenvalue weighted by Crippen LogP contribution is 2.36. The predicted molar refractivity (Wildman–Crippen MR) is 128 cm³/mol. The largest absolute Gasteiger partial charge is 0.496 e. The van der Waals surface area contributed by atoms with E-state index >= 15 is 0 Å². The van der Waals surface area contributed by atoms with Gasteiger partial charge in [0, 0.05) is 25.1 Å². The number of carbonyl (C=O) groups excluding carboxylic acids is 1. The molecule has 1 aliphatic heterocycles. The van der Waals surface area contributed by atoms with Crippen LogP contribution in [0.2, 0.25) is 0 Å². The van der Waals surface area contributed by atoms with E-state index in [2.05, 4.69) is 28.1 Å². The molecule has 1 fully saturated rings. The molecule has 4 rings (SSSR count). The molecule has 0 radical (unpaired) electrons. The number of alkyl halides is 3. The van der Waals surface area contributed by atoms with Gasteiger partial charge in [-0.05, 0) is 43.0 Å². The Balaban J connectivity index is 1.65. The van der Waals surface area contributed by atoms with Gasteiger partial charge < -0.3 is 9.47 Å². The molecule has 10 heteroatoms. The topological polar surface area (TPSA) is 80.4 Å². The first-order chi connectivity index (χ1) is 17.2. The molecule has 1 unspecified atom stereocenters. The number of Topliss-reactive ketones (excluding diaryl/α,β-unsaturated/α-hetero) is 1. The SMILES string of the molecule is COc1cc(-n2cnc3cc(C4CCCN(CC#N)C4)ccc32)cc(OC)c1C(=O)CCC(F)(F)F. The fraction of sp³-hybridized carbons (Fsp3) is 0.423. The first-order valence-electron chi connectivity index (χ1n) is 11.7. The highest BCUT2D eigenvalue weighted by atomic mass is 19.4. The summed E-state index contributed by atoms with van der Waals surface area (Å²) >= 11 is 0. The maximum atomic E-state index is 12.7. The number of halogens is 3. The maximum absolute atomic E-state index is 12.7. The lowest BCUT2D eigenvalue weighted by atomic mass is 9.90. The number of hydrogen-bond acceptors (Lipinski definition) is 6. The van der Waals surface area contributed by atoms with Gasteiger partial charge in [-0.1, -0.05) is 6.07 Å². The van der Waals surface area contributed by atoms with E-state index in [0.717, 1.165) is 42.5 Å². The number of hydrogen-bond donors (Lipinski definition) is 0. The van der Waals surface area contributed by atoms with Crippen molar-refractivity contribution in [2.24, 2.45) is 0 Å². The van der Waals surface area contributed by atoms with Gasteiger partial charge >= 0.3 is 6.18 Å². The van der Waals surface area contributed by atoms with Gasteiger partial charge in [-0.15, -0.1) is 0 Å². The summed E-state index contributed by atoms with van der Waals surface area (Å²) in [6.07, 6.45) is -2.62. The molecule has 0 N–H and O–H groups in total. The number of likely N-dealkylation sites (tertiary alicyclic amines) is 1. The lowest BCUT2D eigenvalue weighted by Crippen LogP contribution is -2.34. The summed E-state index contributed by atoms with van der Waals surface area (Å²) < 4.78 is 50.5. The second kappa shape index (κ2) is 10.6. The molecule has 2 aromatic carbocycles. The van der Waals surface area contributed by atoms with Gasteiger partial charge in [0.15, 0.2) is 5.78 Å². The van der Waals surface area contributed by atoms with Crippen LogP contribution in [0.1, 0.15) is 47.5 Å².